The van der Waals surface area contributed by atoms with Gasteiger partial charge in [0.1, 0.15) is 5.71 Å². The van der Waals surface area contributed by atoms with Crippen LogP contribution in [0.1, 0.15) is 29.6 Å². The topological polar surface area (TPSA) is 51.2 Å². The lowest BCUT2D eigenvalue weighted by molar-refractivity contribution is -0.115. The Morgan fingerprint density at radius 3 is 2.14 bits per heavy atom. The van der Waals surface area contributed by atoms with Crippen molar-refractivity contribution in [2.24, 2.45) is 5.10 Å². The molecule has 3 aromatic rings. The summed E-state index contributed by atoms with van der Waals surface area (Å²) in [4.78, 5) is 18.4. The molecule has 2 aliphatic rings. The maximum atomic E-state index is 13.6. The van der Waals surface area contributed by atoms with Crippen molar-refractivity contribution < 1.29 is 4.79 Å². The molecule has 0 spiro atoms. The lowest BCUT2D eigenvalue weighted by Gasteiger charge is -2.35. The van der Waals surface area contributed by atoms with Crippen LogP contribution >= 0.6 is 0 Å². The number of carbonyl (C=O) groups is 1. The summed E-state index contributed by atoms with van der Waals surface area (Å²) in [6.07, 6.45) is 0.570. The first kappa shape index (κ1) is 23.3. The number of hydrogen-bond acceptors (Lipinski definition) is 5. The summed E-state index contributed by atoms with van der Waals surface area (Å²) in [5, 5.41) is 10.2. The summed E-state index contributed by atoms with van der Waals surface area (Å²) in [7, 11) is 2.16. The first-order chi connectivity index (χ1) is 17.2. The molecule has 0 aliphatic carbocycles. The lowest BCUT2D eigenvalue weighted by Crippen LogP contribution is -2.48. The molecule has 6 nitrogen and oxygen atoms in total. The number of amides is 1. The SMILES string of the molecule is CN1CCN(CC(NC(=O)C2=NN(c3ccccc3)C(c3ccccc3)C2)c2ccccc2)CC1. The Morgan fingerprint density at radius 2 is 1.49 bits per heavy atom. The van der Waals surface area contributed by atoms with Crippen molar-refractivity contribution in [3.8, 4) is 0 Å². The minimum Gasteiger partial charge on any atom is -0.343 e. The first-order valence-electron chi connectivity index (χ1n) is 12.4. The van der Waals surface area contributed by atoms with Crippen LogP contribution in [0, 0.1) is 0 Å². The standard InChI is InChI=1S/C29H33N5O/c1-32-17-19-33(20-18-32)22-27(23-11-5-2-6-12-23)30-29(35)26-21-28(24-13-7-3-8-14-24)34(31-26)25-15-9-4-10-16-25/h2-16,27-28H,17-22H2,1H3,(H,30,35). The fraction of sp³-hybridized carbons (Fsp3) is 0.310. The van der Waals surface area contributed by atoms with Gasteiger partial charge in [-0.25, -0.2) is 0 Å². The smallest absolute Gasteiger partial charge is 0.268 e. The molecule has 2 aliphatic heterocycles. The third-order valence-electron chi connectivity index (χ3n) is 6.92. The Labute approximate surface area is 207 Å². The summed E-state index contributed by atoms with van der Waals surface area (Å²) in [6, 6.07) is 30.6. The number of rotatable bonds is 7. The van der Waals surface area contributed by atoms with Gasteiger partial charge in [0.2, 0.25) is 0 Å². The molecule has 6 heteroatoms. The van der Waals surface area contributed by atoms with Crippen LogP contribution in [-0.2, 0) is 4.79 Å². The van der Waals surface area contributed by atoms with Crippen molar-refractivity contribution in [3.63, 3.8) is 0 Å². The Hall–Kier alpha value is -3.48. The molecule has 2 atom stereocenters. The summed E-state index contributed by atoms with van der Waals surface area (Å²) < 4.78 is 0. The van der Waals surface area contributed by atoms with E-state index in [1.165, 1.54) is 0 Å². The number of likely N-dealkylation sites (N-methyl/N-ethyl adjacent to an activating group) is 1. The van der Waals surface area contributed by atoms with Gasteiger partial charge in [-0.2, -0.15) is 5.10 Å². The molecule has 3 aromatic carbocycles. The van der Waals surface area contributed by atoms with Crippen molar-refractivity contribution in [2.45, 2.75) is 18.5 Å². The van der Waals surface area contributed by atoms with Crippen LogP contribution in [0.4, 0.5) is 5.69 Å². The zero-order valence-electron chi connectivity index (χ0n) is 20.3. The summed E-state index contributed by atoms with van der Waals surface area (Å²) in [6.45, 7) is 4.91. The Morgan fingerprint density at radius 1 is 0.886 bits per heavy atom. The van der Waals surface area contributed by atoms with E-state index >= 15 is 0 Å². The van der Waals surface area contributed by atoms with Gasteiger partial charge < -0.3 is 10.2 Å². The number of benzene rings is 3. The molecule has 0 bridgehead atoms. The highest BCUT2D eigenvalue weighted by Gasteiger charge is 2.33. The average molecular weight is 468 g/mol. The number of nitrogens with zero attached hydrogens (tertiary/aromatic N) is 4. The van der Waals surface area contributed by atoms with E-state index in [2.05, 4.69) is 46.4 Å². The lowest BCUT2D eigenvalue weighted by atomic mass is 10.0. The zero-order chi connectivity index (χ0) is 24.0. The minimum atomic E-state index is -0.0904. The van der Waals surface area contributed by atoms with Crippen LogP contribution in [0.15, 0.2) is 96.1 Å². The molecule has 0 radical (unpaired) electrons. The normalized spacial score (nSPS) is 19.9. The monoisotopic (exact) mass is 467 g/mol. The van der Waals surface area contributed by atoms with Gasteiger partial charge in [-0.1, -0.05) is 78.9 Å². The van der Waals surface area contributed by atoms with Crippen molar-refractivity contribution in [1.29, 1.82) is 0 Å². The molecule has 1 saturated heterocycles. The molecule has 1 amide bonds. The number of piperazine rings is 1. The Bertz CT molecular complexity index is 1130. The molecule has 2 heterocycles. The number of para-hydroxylation sites is 1. The molecule has 180 valence electrons. The fourth-order valence-corrected chi connectivity index (χ4v) is 4.85. The van der Waals surface area contributed by atoms with Crippen LogP contribution in [-0.4, -0.2) is 61.2 Å². The molecular weight excluding hydrogens is 434 g/mol. The van der Waals surface area contributed by atoms with Gasteiger partial charge >= 0.3 is 0 Å². The highest BCUT2D eigenvalue weighted by atomic mass is 16.2. The molecule has 1 N–H and O–H groups in total. The third-order valence-corrected chi connectivity index (χ3v) is 6.92. The highest BCUT2D eigenvalue weighted by Crippen LogP contribution is 2.35. The third kappa shape index (κ3) is 5.61. The maximum absolute atomic E-state index is 13.6. The van der Waals surface area contributed by atoms with Gasteiger partial charge in [-0.05, 0) is 30.3 Å². The molecule has 35 heavy (non-hydrogen) atoms. The van der Waals surface area contributed by atoms with E-state index in [0.717, 1.165) is 49.5 Å². The molecule has 0 aromatic heterocycles. The van der Waals surface area contributed by atoms with Crippen LogP contribution in [0.5, 0.6) is 0 Å². The number of anilines is 1. The van der Waals surface area contributed by atoms with E-state index in [4.69, 9.17) is 5.10 Å². The second kappa shape index (κ2) is 10.8. The van der Waals surface area contributed by atoms with E-state index in [0.29, 0.717) is 12.1 Å². The fourth-order valence-electron chi connectivity index (χ4n) is 4.85. The zero-order valence-corrected chi connectivity index (χ0v) is 20.3. The quantitative estimate of drug-likeness (QED) is 0.569. The first-order valence-corrected chi connectivity index (χ1v) is 12.4. The number of hydrogen-bond donors (Lipinski definition) is 1. The van der Waals surface area contributed by atoms with Crippen LogP contribution in [0.25, 0.3) is 0 Å². The minimum absolute atomic E-state index is 0.00726. The Balaban J connectivity index is 1.37. The van der Waals surface area contributed by atoms with E-state index in [1.807, 2.05) is 71.7 Å². The number of carbonyl (C=O) groups excluding carboxylic acids is 1. The number of nitrogens with one attached hydrogen (secondary N) is 1. The molecule has 5 rings (SSSR count). The molecular formula is C29H33N5O. The van der Waals surface area contributed by atoms with E-state index < -0.39 is 0 Å². The van der Waals surface area contributed by atoms with E-state index in [1.54, 1.807) is 0 Å². The summed E-state index contributed by atoms with van der Waals surface area (Å²) in [5.74, 6) is -0.0904. The van der Waals surface area contributed by atoms with E-state index in [-0.39, 0.29) is 18.0 Å². The van der Waals surface area contributed by atoms with Gasteiger partial charge in [-0.15, -0.1) is 0 Å². The summed E-state index contributed by atoms with van der Waals surface area (Å²) in [5.41, 5.74) is 3.83. The predicted molar refractivity (Wildman–Crippen MR) is 141 cm³/mol. The molecule has 0 saturated carbocycles. The van der Waals surface area contributed by atoms with Crippen molar-refractivity contribution in [2.75, 3.05) is 44.8 Å². The predicted octanol–water partition coefficient (Wildman–Crippen LogP) is 4.10. The molecule has 1 fully saturated rings. The maximum Gasteiger partial charge on any atom is 0.268 e. The molecule has 2 unspecified atom stereocenters. The summed E-state index contributed by atoms with van der Waals surface area (Å²) >= 11 is 0. The van der Waals surface area contributed by atoms with Crippen molar-refractivity contribution >= 4 is 17.3 Å². The van der Waals surface area contributed by atoms with Crippen LogP contribution in [0.2, 0.25) is 0 Å². The van der Waals surface area contributed by atoms with Gasteiger partial charge in [0.25, 0.3) is 5.91 Å². The van der Waals surface area contributed by atoms with Gasteiger partial charge in [0, 0.05) is 39.1 Å². The van der Waals surface area contributed by atoms with Crippen molar-refractivity contribution in [1.82, 2.24) is 15.1 Å². The largest absolute Gasteiger partial charge is 0.343 e. The van der Waals surface area contributed by atoms with Crippen LogP contribution in [0.3, 0.4) is 0 Å². The second-order valence-electron chi connectivity index (χ2n) is 9.40. The second-order valence-corrected chi connectivity index (χ2v) is 9.40. The Kier molecular flexibility index (Phi) is 7.21. The van der Waals surface area contributed by atoms with Crippen molar-refractivity contribution in [3.05, 3.63) is 102 Å². The van der Waals surface area contributed by atoms with Gasteiger partial charge in [0.15, 0.2) is 0 Å². The van der Waals surface area contributed by atoms with Crippen LogP contribution < -0.4 is 10.3 Å². The van der Waals surface area contributed by atoms with Gasteiger partial charge in [0.05, 0.1) is 17.8 Å². The average Bonchev–Trinajstić information content (AvgIpc) is 3.37. The number of hydrazone groups is 1. The van der Waals surface area contributed by atoms with E-state index in [9.17, 15) is 4.79 Å². The highest BCUT2D eigenvalue weighted by molar-refractivity contribution is 6.39. The van der Waals surface area contributed by atoms with Gasteiger partial charge in [-0.3, -0.25) is 14.7 Å².